The number of aromatic nitrogens is 2. The van der Waals surface area contributed by atoms with Crippen molar-refractivity contribution in [1.29, 1.82) is 0 Å². The third kappa shape index (κ3) is 3.75. The van der Waals surface area contributed by atoms with Gasteiger partial charge >= 0.3 is 0 Å². The molecule has 104 valence electrons. The molecule has 1 aliphatic rings. The summed E-state index contributed by atoms with van der Waals surface area (Å²) in [5.41, 5.74) is 2.28. The van der Waals surface area contributed by atoms with Crippen LogP contribution in [0.1, 0.15) is 51.9 Å². The first kappa shape index (κ1) is 14.0. The Labute approximate surface area is 115 Å². The molecular weight excluding hydrogens is 238 g/mol. The van der Waals surface area contributed by atoms with Gasteiger partial charge in [-0.15, -0.1) is 0 Å². The molecule has 1 aromatic rings. The minimum absolute atomic E-state index is 0.0655. The zero-order valence-corrected chi connectivity index (χ0v) is 12.2. The van der Waals surface area contributed by atoms with Crippen molar-refractivity contribution in [2.45, 2.75) is 58.4 Å². The molecule has 4 nitrogen and oxygen atoms in total. The maximum atomic E-state index is 10.9. The quantitative estimate of drug-likeness (QED) is 0.907. The molecule has 1 saturated carbocycles. The molecule has 1 N–H and O–H groups in total. The van der Waals surface area contributed by atoms with Crippen LogP contribution < -0.4 is 5.32 Å². The SMILES string of the molecule is CC(=O)NC1CC(Cc2cc(C(C)(C)C)ncn2)C1. The van der Waals surface area contributed by atoms with Crippen molar-refractivity contribution in [2.24, 2.45) is 5.92 Å². The lowest BCUT2D eigenvalue weighted by Crippen LogP contribution is -2.44. The van der Waals surface area contributed by atoms with Crippen LogP contribution in [0.25, 0.3) is 0 Å². The van der Waals surface area contributed by atoms with Crippen LogP contribution in [0.4, 0.5) is 0 Å². The first-order valence-electron chi connectivity index (χ1n) is 6.93. The molecule has 0 spiro atoms. The van der Waals surface area contributed by atoms with E-state index in [1.807, 2.05) is 0 Å². The maximum absolute atomic E-state index is 10.9. The van der Waals surface area contributed by atoms with Gasteiger partial charge in [-0.25, -0.2) is 9.97 Å². The number of hydrogen-bond donors (Lipinski definition) is 1. The van der Waals surface area contributed by atoms with Crippen molar-refractivity contribution in [1.82, 2.24) is 15.3 Å². The van der Waals surface area contributed by atoms with Gasteiger partial charge in [0.05, 0.1) is 0 Å². The molecule has 0 aliphatic heterocycles. The summed E-state index contributed by atoms with van der Waals surface area (Å²) in [4.78, 5) is 19.6. The van der Waals surface area contributed by atoms with Gasteiger partial charge in [0, 0.05) is 29.8 Å². The summed E-state index contributed by atoms with van der Waals surface area (Å²) in [6, 6.07) is 2.48. The third-order valence-electron chi connectivity index (χ3n) is 3.63. The largest absolute Gasteiger partial charge is 0.354 e. The van der Waals surface area contributed by atoms with E-state index in [9.17, 15) is 4.79 Å². The first-order valence-corrected chi connectivity index (χ1v) is 6.93. The highest BCUT2D eigenvalue weighted by molar-refractivity contribution is 5.73. The Hall–Kier alpha value is -1.45. The third-order valence-corrected chi connectivity index (χ3v) is 3.63. The molecule has 0 radical (unpaired) electrons. The normalized spacial score (nSPS) is 22.7. The fraction of sp³-hybridized carbons (Fsp3) is 0.667. The van der Waals surface area contributed by atoms with Gasteiger partial charge in [0.1, 0.15) is 6.33 Å². The molecule has 1 heterocycles. The second-order valence-electron chi connectivity index (χ2n) is 6.58. The molecule has 19 heavy (non-hydrogen) atoms. The highest BCUT2D eigenvalue weighted by atomic mass is 16.1. The minimum atomic E-state index is 0.0655. The summed E-state index contributed by atoms with van der Waals surface area (Å²) in [5, 5.41) is 2.96. The summed E-state index contributed by atoms with van der Waals surface area (Å²) < 4.78 is 0. The van der Waals surface area contributed by atoms with E-state index >= 15 is 0 Å². The van der Waals surface area contributed by atoms with Crippen LogP contribution in [0.2, 0.25) is 0 Å². The fourth-order valence-corrected chi connectivity index (χ4v) is 2.52. The van der Waals surface area contributed by atoms with Crippen LogP contribution >= 0.6 is 0 Å². The fourth-order valence-electron chi connectivity index (χ4n) is 2.52. The van der Waals surface area contributed by atoms with Gasteiger partial charge in [0.2, 0.25) is 5.91 Å². The molecule has 1 amide bonds. The molecule has 1 aromatic heterocycles. The Kier molecular flexibility index (Phi) is 3.88. The van der Waals surface area contributed by atoms with Gasteiger partial charge in [-0.3, -0.25) is 4.79 Å². The summed E-state index contributed by atoms with van der Waals surface area (Å²) in [6.07, 6.45) is 4.78. The van der Waals surface area contributed by atoms with Crippen molar-refractivity contribution in [3.63, 3.8) is 0 Å². The zero-order valence-electron chi connectivity index (χ0n) is 12.2. The number of nitrogens with zero attached hydrogens (tertiary/aromatic N) is 2. The number of carbonyl (C=O) groups is 1. The van der Waals surface area contributed by atoms with Crippen LogP contribution in [0.15, 0.2) is 12.4 Å². The molecule has 0 aromatic carbocycles. The van der Waals surface area contributed by atoms with E-state index in [0.29, 0.717) is 12.0 Å². The predicted octanol–water partition coefficient (Wildman–Crippen LogP) is 2.23. The van der Waals surface area contributed by atoms with E-state index in [0.717, 1.165) is 30.7 Å². The smallest absolute Gasteiger partial charge is 0.217 e. The van der Waals surface area contributed by atoms with Crippen LogP contribution in [-0.2, 0) is 16.6 Å². The topological polar surface area (TPSA) is 54.9 Å². The van der Waals surface area contributed by atoms with Crippen LogP contribution in [-0.4, -0.2) is 21.9 Å². The Balaban J connectivity index is 1.90. The predicted molar refractivity (Wildman–Crippen MR) is 74.8 cm³/mol. The Morgan fingerprint density at radius 3 is 2.63 bits per heavy atom. The Morgan fingerprint density at radius 1 is 1.37 bits per heavy atom. The molecule has 4 heteroatoms. The lowest BCUT2D eigenvalue weighted by molar-refractivity contribution is -0.120. The van der Waals surface area contributed by atoms with Crippen LogP contribution in [0.3, 0.4) is 0 Å². The van der Waals surface area contributed by atoms with E-state index in [2.05, 4.69) is 42.1 Å². The van der Waals surface area contributed by atoms with E-state index in [4.69, 9.17) is 0 Å². The summed E-state index contributed by atoms with van der Waals surface area (Å²) in [5.74, 6) is 0.708. The molecule has 0 unspecified atom stereocenters. The van der Waals surface area contributed by atoms with Crippen molar-refractivity contribution in [2.75, 3.05) is 0 Å². The number of nitrogens with one attached hydrogen (secondary N) is 1. The zero-order chi connectivity index (χ0) is 14.0. The highest BCUT2D eigenvalue weighted by Gasteiger charge is 2.30. The maximum Gasteiger partial charge on any atom is 0.217 e. The molecule has 0 atom stereocenters. The average molecular weight is 261 g/mol. The number of rotatable bonds is 3. The molecule has 1 fully saturated rings. The monoisotopic (exact) mass is 261 g/mol. The van der Waals surface area contributed by atoms with Gasteiger partial charge in [-0.1, -0.05) is 20.8 Å². The standard InChI is InChI=1S/C15H23N3O/c1-10(19)18-13-6-11(7-13)5-12-8-14(15(2,3)4)17-9-16-12/h8-9,11,13H,5-7H2,1-4H3,(H,18,19). The highest BCUT2D eigenvalue weighted by Crippen LogP contribution is 2.30. The average Bonchev–Trinajstić information content (AvgIpc) is 2.25. The van der Waals surface area contributed by atoms with E-state index < -0.39 is 0 Å². The molecule has 1 aliphatic carbocycles. The Morgan fingerprint density at radius 2 is 2.05 bits per heavy atom. The van der Waals surface area contributed by atoms with Gasteiger partial charge < -0.3 is 5.32 Å². The summed E-state index contributed by atoms with van der Waals surface area (Å²) >= 11 is 0. The van der Waals surface area contributed by atoms with Crippen molar-refractivity contribution in [3.8, 4) is 0 Å². The van der Waals surface area contributed by atoms with Gasteiger partial charge in [-0.2, -0.15) is 0 Å². The van der Waals surface area contributed by atoms with Crippen molar-refractivity contribution >= 4 is 5.91 Å². The lowest BCUT2D eigenvalue weighted by Gasteiger charge is -2.35. The van der Waals surface area contributed by atoms with Crippen molar-refractivity contribution in [3.05, 3.63) is 23.8 Å². The Bertz CT molecular complexity index is 459. The van der Waals surface area contributed by atoms with Crippen LogP contribution in [0.5, 0.6) is 0 Å². The number of amides is 1. The molecular formula is C15H23N3O. The second-order valence-corrected chi connectivity index (χ2v) is 6.58. The van der Waals surface area contributed by atoms with Crippen molar-refractivity contribution < 1.29 is 4.79 Å². The van der Waals surface area contributed by atoms with E-state index in [-0.39, 0.29) is 11.3 Å². The first-order chi connectivity index (χ1) is 8.84. The molecule has 2 rings (SSSR count). The molecule has 0 bridgehead atoms. The van der Waals surface area contributed by atoms with E-state index in [1.54, 1.807) is 13.3 Å². The summed E-state index contributed by atoms with van der Waals surface area (Å²) in [7, 11) is 0. The van der Waals surface area contributed by atoms with Gasteiger partial charge in [0.25, 0.3) is 0 Å². The lowest BCUT2D eigenvalue weighted by atomic mass is 9.77. The van der Waals surface area contributed by atoms with Gasteiger partial charge in [0.15, 0.2) is 0 Å². The minimum Gasteiger partial charge on any atom is -0.354 e. The number of carbonyl (C=O) groups excluding carboxylic acids is 1. The number of hydrogen-bond acceptors (Lipinski definition) is 3. The molecule has 0 saturated heterocycles. The van der Waals surface area contributed by atoms with E-state index in [1.165, 1.54) is 0 Å². The van der Waals surface area contributed by atoms with Crippen LogP contribution in [0, 0.1) is 5.92 Å². The summed E-state index contributed by atoms with van der Waals surface area (Å²) in [6.45, 7) is 8.06. The second kappa shape index (κ2) is 5.27. The van der Waals surface area contributed by atoms with Gasteiger partial charge in [-0.05, 0) is 31.2 Å².